The summed E-state index contributed by atoms with van der Waals surface area (Å²) in [5.41, 5.74) is 1.25. The molecule has 64 valence electrons. The van der Waals surface area contributed by atoms with Crippen LogP contribution in [-0.2, 0) is 4.84 Å². The molecule has 0 spiro atoms. The fourth-order valence-electron chi connectivity index (χ4n) is 1.23. The first-order valence-electron chi connectivity index (χ1n) is 4.50. The molecule has 1 saturated carbocycles. The average molecular weight is 155 g/mol. The van der Waals surface area contributed by atoms with E-state index in [0.29, 0.717) is 0 Å². The minimum Gasteiger partial charge on any atom is -0.393 e. The Bertz CT molecular complexity index is 132. The number of oxime groups is 1. The topological polar surface area (TPSA) is 21.6 Å². The average Bonchev–Trinajstić information content (AvgIpc) is 2.03. The summed E-state index contributed by atoms with van der Waals surface area (Å²) in [4.78, 5) is 5.17. The second kappa shape index (κ2) is 4.37. The molecule has 0 saturated heterocycles. The van der Waals surface area contributed by atoms with Crippen molar-refractivity contribution in [2.75, 3.05) is 0 Å². The van der Waals surface area contributed by atoms with E-state index in [0.717, 1.165) is 12.8 Å². The Morgan fingerprint density at radius 1 is 1.18 bits per heavy atom. The van der Waals surface area contributed by atoms with Gasteiger partial charge < -0.3 is 4.84 Å². The van der Waals surface area contributed by atoms with Gasteiger partial charge in [-0.15, -0.1) is 0 Å². The van der Waals surface area contributed by atoms with Gasteiger partial charge in [0.05, 0.1) is 5.71 Å². The highest BCUT2D eigenvalue weighted by molar-refractivity contribution is 5.84. The van der Waals surface area contributed by atoms with Crippen molar-refractivity contribution in [2.24, 2.45) is 5.16 Å². The molecule has 0 atom stereocenters. The van der Waals surface area contributed by atoms with Gasteiger partial charge in [0, 0.05) is 0 Å². The molecule has 0 radical (unpaired) electrons. The molecule has 0 aromatic rings. The molecule has 1 rings (SSSR count). The first-order chi connectivity index (χ1) is 5.29. The second-order valence-corrected chi connectivity index (χ2v) is 3.37. The zero-order chi connectivity index (χ0) is 8.10. The monoisotopic (exact) mass is 155 g/mol. The molecule has 0 bridgehead atoms. The largest absolute Gasteiger partial charge is 0.393 e. The van der Waals surface area contributed by atoms with Crippen LogP contribution in [0.5, 0.6) is 0 Å². The van der Waals surface area contributed by atoms with E-state index < -0.39 is 0 Å². The van der Waals surface area contributed by atoms with Crippen molar-refractivity contribution in [3.8, 4) is 0 Å². The minimum absolute atomic E-state index is 0.226. The van der Waals surface area contributed by atoms with Gasteiger partial charge in [-0.05, 0) is 39.5 Å². The van der Waals surface area contributed by atoms with Crippen molar-refractivity contribution in [2.45, 2.75) is 52.1 Å². The van der Waals surface area contributed by atoms with E-state index in [2.05, 4.69) is 5.16 Å². The van der Waals surface area contributed by atoms with Crippen LogP contribution in [0.3, 0.4) is 0 Å². The van der Waals surface area contributed by atoms with Gasteiger partial charge in [-0.3, -0.25) is 0 Å². The third kappa shape index (κ3) is 3.40. The van der Waals surface area contributed by atoms with E-state index in [-0.39, 0.29) is 6.10 Å². The summed E-state index contributed by atoms with van der Waals surface area (Å²) in [6, 6.07) is 0. The Hall–Kier alpha value is -0.530. The summed E-state index contributed by atoms with van der Waals surface area (Å²) in [5.74, 6) is 0. The van der Waals surface area contributed by atoms with E-state index >= 15 is 0 Å². The fraction of sp³-hybridized carbons (Fsp3) is 0.889. The van der Waals surface area contributed by atoms with Gasteiger partial charge in [-0.25, -0.2) is 0 Å². The third-order valence-corrected chi connectivity index (χ3v) is 1.82. The Labute approximate surface area is 68.6 Å². The predicted octanol–water partition coefficient (Wildman–Crippen LogP) is 2.73. The van der Waals surface area contributed by atoms with Crippen LogP contribution in [0, 0.1) is 0 Å². The maximum absolute atomic E-state index is 5.17. The number of rotatable bonds is 2. The zero-order valence-corrected chi connectivity index (χ0v) is 7.47. The van der Waals surface area contributed by atoms with Gasteiger partial charge in [0.2, 0.25) is 0 Å². The number of hydrogen-bond donors (Lipinski definition) is 0. The highest BCUT2D eigenvalue weighted by Gasteiger charge is 2.06. The van der Waals surface area contributed by atoms with E-state index in [1.165, 1.54) is 25.0 Å². The lowest BCUT2D eigenvalue weighted by Gasteiger charge is -2.12. The first-order valence-corrected chi connectivity index (χ1v) is 4.50. The number of hydrogen-bond acceptors (Lipinski definition) is 2. The van der Waals surface area contributed by atoms with Crippen molar-refractivity contribution in [3.05, 3.63) is 0 Å². The smallest absolute Gasteiger partial charge is 0.122 e. The molecular formula is C9H17NO. The fourth-order valence-corrected chi connectivity index (χ4v) is 1.23. The summed E-state index contributed by atoms with van der Waals surface area (Å²) in [7, 11) is 0. The summed E-state index contributed by atoms with van der Waals surface area (Å²) in [5, 5.41) is 4.10. The van der Waals surface area contributed by atoms with Crippen LogP contribution in [-0.4, -0.2) is 11.8 Å². The molecule has 0 N–H and O–H groups in total. The Morgan fingerprint density at radius 3 is 2.36 bits per heavy atom. The summed E-state index contributed by atoms with van der Waals surface area (Å²) in [6.07, 6.45) is 6.46. The number of nitrogens with zero attached hydrogens (tertiary/aromatic N) is 1. The lowest BCUT2D eigenvalue weighted by Crippen LogP contribution is -2.07. The molecule has 0 unspecified atom stereocenters. The van der Waals surface area contributed by atoms with Crippen molar-refractivity contribution in [3.63, 3.8) is 0 Å². The van der Waals surface area contributed by atoms with Gasteiger partial charge >= 0.3 is 0 Å². The molecule has 0 amide bonds. The maximum atomic E-state index is 5.17. The van der Waals surface area contributed by atoms with Crippen molar-refractivity contribution in [1.29, 1.82) is 0 Å². The van der Waals surface area contributed by atoms with Gasteiger partial charge in [-0.1, -0.05) is 11.6 Å². The lowest BCUT2D eigenvalue weighted by atomic mass is 9.99. The van der Waals surface area contributed by atoms with Gasteiger partial charge in [0.25, 0.3) is 0 Å². The van der Waals surface area contributed by atoms with Gasteiger partial charge in [0.1, 0.15) is 6.10 Å². The quantitative estimate of drug-likeness (QED) is 0.562. The van der Waals surface area contributed by atoms with Crippen LogP contribution in [0.25, 0.3) is 0 Å². The minimum atomic E-state index is 0.226. The van der Waals surface area contributed by atoms with Crippen LogP contribution in [0.15, 0.2) is 5.16 Å². The van der Waals surface area contributed by atoms with Crippen LogP contribution >= 0.6 is 0 Å². The molecule has 2 nitrogen and oxygen atoms in total. The van der Waals surface area contributed by atoms with Gasteiger partial charge in [0.15, 0.2) is 0 Å². The van der Waals surface area contributed by atoms with Crippen LogP contribution < -0.4 is 0 Å². The van der Waals surface area contributed by atoms with Crippen LogP contribution in [0.1, 0.15) is 46.0 Å². The second-order valence-electron chi connectivity index (χ2n) is 3.37. The summed E-state index contributed by atoms with van der Waals surface area (Å²) < 4.78 is 0. The van der Waals surface area contributed by atoms with E-state index in [1.54, 1.807) is 0 Å². The Morgan fingerprint density at radius 2 is 1.82 bits per heavy atom. The molecule has 1 fully saturated rings. The zero-order valence-electron chi connectivity index (χ0n) is 7.47. The third-order valence-electron chi connectivity index (χ3n) is 1.82. The van der Waals surface area contributed by atoms with Crippen molar-refractivity contribution in [1.82, 2.24) is 0 Å². The van der Waals surface area contributed by atoms with Crippen LogP contribution in [0.2, 0.25) is 0 Å². The molecule has 0 aromatic heterocycles. The SMILES string of the molecule is CC(C)ON=C1CCCCC1. The molecule has 1 aliphatic rings. The molecular weight excluding hydrogens is 138 g/mol. The highest BCUT2D eigenvalue weighted by atomic mass is 16.6. The van der Waals surface area contributed by atoms with Crippen molar-refractivity contribution < 1.29 is 4.84 Å². The van der Waals surface area contributed by atoms with E-state index in [9.17, 15) is 0 Å². The van der Waals surface area contributed by atoms with Crippen LogP contribution in [0.4, 0.5) is 0 Å². The molecule has 1 aliphatic carbocycles. The molecule has 0 heterocycles. The Balaban J connectivity index is 2.26. The summed E-state index contributed by atoms with van der Waals surface area (Å²) >= 11 is 0. The first kappa shape index (κ1) is 8.57. The predicted molar refractivity (Wildman–Crippen MR) is 46.7 cm³/mol. The van der Waals surface area contributed by atoms with E-state index in [4.69, 9.17) is 4.84 Å². The van der Waals surface area contributed by atoms with Crippen molar-refractivity contribution >= 4 is 5.71 Å². The molecule has 0 aromatic carbocycles. The van der Waals surface area contributed by atoms with E-state index in [1.807, 2.05) is 13.8 Å². The highest BCUT2D eigenvalue weighted by Crippen LogP contribution is 2.14. The summed E-state index contributed by atoms with van der Waals surface area (Å²) in [6.45, 7) is 4.01. The molecule has 0 aliphatic heterocycles. The lowest BCUT2D eigenvalue weighted by molar-refractivity contribution is 0.0845. The standard InChI is InChI=1S/C9H17NO/c1-8(2)11-10-9-6-4-3-5-7-9/h8H,3-7H2,1-2H3. The molecule has 11 heavy (non-hydrogen) atoms. The maximum Gasteiger partial charge on any atom is 0.122 e. The Kier molecular flexibility index (Phi) is 3.40. The van der Waals surface area contributed by atoms with Gasteiger partial charge in [-0.2, -0.15) is 0 Å². The molecule has 2 heteroatoms. The normalized spacial score (nSPS) is 18.6.